The molecule has 0 fully saturated rings. The molecule has 2 rings (SSSR count). The number of halogens is 1. The van der Waals surface area contributed by atoms with Gasteiger partial charge in [0.15, 0.2) is 0 Å². The van der Waals surface area contributed by atoms with E-state index in [1.54, 1.807) is 0 Å². The van der Waals surface area contributed by atoms with Crippen LogP contribution in [0.5, 0.6) is 0 Å². The second-order valence-corrected chi connectivity index (χ2v) is 3.66. The van der Waals surface area contributed by atoms with Crippen molar-refractivity contribution in [1.29, 1.82) is 0 Å². The van der Waals surface area contributed by atoms with Gasteiger partial charge in [-0.1, -0.05) is 23.7 Å². The molecule has 0 radical (unpaired) electrons. The topological polar surface area (TPSA) is 52.0 Å². The van der Waals surface area contributed by atoms with E-state index in [9.17, 15) is 0 Å². The minimum atomic E-state index is 0.314. The SMILES string of the molecule is Cc1oc(CN)nc1-c1ccc(Cl)cc1. The summed E-state index contributed by atoms with van der Waals surface area (Å²) in [7, 11) is 0. The maximum atomic E-state index is 5.81. The van der Waals surface area contributed by atoms with Gasteiger partial charge in [0.25, 0.3) is 0 Å². The lowest BCUT2D eigenvalue weighted by Gasteiger charge is -1.96. The molecule has 1 aromatic heterocycles. The van der Waals surface area contributed by atoms with Gasteiger partial charge in [0.1, 0.15) is 11.5 Å². The molecular weight excluding hydrogens is 212 g/mol. The Bertz CT molecular complexity index is 462. The summed E-state index contributed by atoms with van der Waals surface area (Å²) in [4.78, 5) is 4.29. The summed E-state index contributed by atoms with van der Waals surface area (Å²) in [5.74, 6) is 1.33. The number of rotatable bonds is 2. The van der Waals surface area contributed by atoms with Crippen molar-refractivity contribution in [2.24, 2.45) is 5.73 Å². The van der Waals surface area contributed by atoms with Gasteiger partial charge in [0, 0.05) is 10.6 Å². The molecule has 0 saturated heterocycles. The van der Waals surface area contributed by atoms with Gasteiger partial charge in [0.05, 0.1) is 6.54 Å². The van der Waals surface area contributed by atoms with E-state index >= 15 is 0 Å². The Balaban J connectivity index is 2.44. The Kier molecular flexibility index (Phi) is 2.75. The second kappa shape index (κ2) is 4.04. The molecule has 1 aromatic carbocycles. The molecule has 0 bridgehead atoms. The highest BCUT2D eigenvalue weighted by Gasteiger charge is 2.09. The van der Waals surface area contributed by atoms with Crippen molar-refractivity contribution in [2.45, 2.75) is 13.5 Å². The molecule has 0 unspecified atom stereocenters. The van der Waals surface area contributed by atoms with Crippen LogP contribution in [0.25, 0.3) is 11.3 Å². The lowest BCUT2D eigenvalue weighted by atomic mass is 10.1. The molecule has 0 aliphatic carbocycles. The number of hydrogen-bond donors (Lipinski definition) is 1. The normalized spacial score (nSPS) is 10.6. The predicted molar refractivity (Wildman–Crippen MR) is 59.6 cm³/mol. The van der Waals surface area contributed by atoms with Crippen LogP contribution in [-0.4, -0.2) is 4.98 Å². The molecule has 4 heteroatoms. The molecule has 2 aromatic rings. The van der Waals surface area contributed by atoms with Gasteiger partial charge in [-0.2, -0.15) is 0 Å². The third kappa shape index (κ3) is 2.03. The molecule has 78 valence electrons. The van der Waals surface area contributed by atoms with Crippen molar-refractivity contribution in [3.8, 4) is 11.3 Å². The van der Waals surface area contributed by atoms with E-state index in [0.717, 1.165) is 17.0 Å². The van der Waals surface area contributed by atoms with Gasteiger partial charge in [-0.05, 0) is 19.1 Å². The Hall–Kier alpha value is -1.32. The molecule has 15 heavy (non-hydrogen) atoms. The zero-order valence-electron chi connectivity index (χ0n) is 8.33. The Labute approximate surface area is 92.9 Å². The van der Waals surface area contributed by atoms with Crippen LogP contribution in [0.4, 0.5) is 0 Å². The highest BCUT2D eigenvalue weighted by Crippen LogP contribution is 2.24. The summed E-state index contributed by atoms with van der Waals surface area (Å²) in [6, 6.07) is 7.47. The first kappa shape index (κ1) is 10.2. The van der Waals surface area contributed by atoms with Crippen molar-refractivity contribution >= 4 is 11.6 Å². The average molecular weight is 223 g/mol. The highest BCUT2D eigenvalue weighted by molar-refractivity contribution is 6.30. The third-order valence-corrected chi connectivity index (χ3v) is 2.39. The van der Waals surface area contributed by atoms with E-state index in [2.05, 4.69) is 4.98 Å². The first-order valence-electron chi connectivity index (χ1n) is 4.63. The molecule has 0 saturated carbocycles. The van der Waals surface area contributed by atoms with E-state index < -0.39 is 0 Å². The van der Waals surface area contributed by atoms with E-state index in [1.165, 1.54) is 0 Å². The Morgan fingerprint density at radius 1 is 1.33 bits per heavy atom. The van der Waals surface area contributed by atoms with Crippen LogP contribution in [0.1, 0.15) is 11.7 Å². The number of nitrogens with zero attached hydrogens (tertiary/aromatic N) is 1. The van der Waals surface area contributed by atoms with Crippen molar-refractivity contribution in [1.82, 2.24) is 4.98 Å². The van der Waals surface area contributed by atoms with Gasteiger partial charge in [-0.15, -0.1) is 0 Å². The molecule has 0 amide bonds. The van der Waals surface area contributed by atoms with Crippen molar-refractivity contribution in [2.75, 3.05) is 0 Å². The molecule has 1 heterocycles. The van der Waals surface area contributed by atoms with Gasteiger partial charge in [-0.3, -0.25) is 0 Å². The second-order valence-electron chi connectivity index (χ2n) is 3.22. The maximum Gasteiger partial charge on any atom is 0.208 e. The lowest BCUT2D eigenvalue weighted by Crippen LogP contribution is -1.95. The minimum Gasteiger partial charge on any atom is -0.444 e. The largest absolute Gasteiger partial charge is 0.444 e. The van der Waals surface area contributed by atoms with E-state index in [0.29, 0.717) is 17.5 Å². The number of benzene rings is 1. The third-order valence-electron chi connectivity index (χ3n) is 2.13. The summed E-state index contributed by atoms with van der Waals surface area (Å²) < 4.78 is 5.38. The van der Waals surface area contributed by atoms with Gasteiger partial charge >= 0.3 is 0 Å². The summed E-state index contributed by atoms with van der Waals surface area (Å²) in [6.07, 6.45) is 0. The zero-order valence-corrected chi connectivity index (χ0v) is 9.08. The number of oxazole rings is 1. The number of nitrogens with two attached hydrogens (primary N) is 1. The average Bonchev–Trinajstić information content (AvgIpc) is 2.61. The molecule has 3 nitrogen and oxygen atoms in total. The van der Waals surface area contributed by atoms with Crippen molar-refractivity contribution < 1.29 is 4.42 Å². The monoisotopic (exact) mass is 222 g/mol. The molecule has 0 aliphatic rings. The van der Waals surface area contributed by atoms with Crippen LogP contribution >= 0.6 is 11.6 Å². The van der Waals surface area contributed by atoms with Crippen LogP contribution in [0.3, 0.4) is 0 Å². The van der Waals surface area contributed by atoms with Gasteiger partial charge < -0.3 is 10.2 Å². The molecule has 2 N–H and O–H groups in total. The summed E-state index contributed by atoms with van der Waals surface area (Å²) in [5.41, 5.74) is 7.27. The molecule has 0 aliphatic heterocycles. The van der Waals surface area contributed by atoms with E-state index in [1.807, 2.05) is 31.2 Å². The predicted octanol–water partition coefficient (Wildman–Crippen LogP) is 2.76. The summed E-state index contributed by atoms with van der Waals surface area (Å²) in [5, 5.41) is 0.707. The van der Waals surface area contributed by atoms with Gasteiger partial charge in [-0.25, -0.2) is 4.98 Å². The highest BCUT2D eigenvalue weighted by atomic mass is 35.5. The molecule has 0 atom stereocenters. The van der Waals surface area contributed by atoms with Crippen molar-refractivity contribution in [3.63, 3.8) is 0 Å². The molecular formula is C11H11ClN2O. The quantitative estimate of drug-likeness (QED) is 0.850. The standard InChI is InChI=1S/C11H11ClN2O/c1-7-11(14-10(6-13)15-7)8-2-4-9(12)5-3-8/h2-5H,6,13H2,1H3. The fourth-order valence-electron chi connectivity index (χ4n) is 1.41. The minimum absolute atomic E-state index is 0.314. The van der Waals surface area contributed by atoms with Crippen LogP contribution in [-0.2, 0) is 6.54 Å². The summed E-state index contributed by atoms with van der Waals surface area (Å²) >= 11 is 5.81. The number of hydrogen-bond acceptors (Lipinski definition) is 3. The van der Waals surface area contributed by atoms with Crippen LogP contribution in [0.15, 0.2) is 28.7 Å². The fourth-order valence-corrected chi connectivity index (χ4v) is 1.54. The first-order chi connectivity index (χ1) is 7.20. The van der Waals surface area contributed by atoms with Gasteiger partial charge in [0.2, 0.25) is 5.89 Å². The smallest absolute Gasteiger partial charge is 0.208 e. The van der Waals surface area contributed by atoms with Crippen LogP contribution in [0, 0.1) is 6.92 Å². The fraction of sp³-hybridized carbons (Fsp3) is 0.182. The zero-order chi connectivity index (χ0) is 10.8. The Morgan fingerprint density at radius 3 is 2.53 bits per heavy atom. The lowest BCUT2D eigenvalue weighted by molar-refractivity contribution is 0.474. The summed E-state index contributed by atoms with van der Waals surface area (Å²) in [6.45, 7) is 2.19. The van der Waals surface area contributed by atoms with Crippen LogP contribution < -0.4 is 5.73 Å². The molecule has 0 spiro atoms. The maximum absolute atomic E-state index is 5.81. The van der Waals surface area contributed by atoms with E-state index in [-0.39, 0.29) is 0 Å². The van der Waals surface area contributed by atoms with E-state index in [4.69, 9.17) is 21.8 Å². The van der Waals surface area contributed by atoms with Crippen LogP contribution in [0.2, 0.25) is 5.02 Å². The van der Waals surface area contributed by atoms with Crippen molar-refractivity contribution in [3.05, 3.63) is 40.9 Å². The number of aryl methyl sites for hydroxylation is 1. The first-order valence-corrected chi connectivity index (χ1v) is 5.01. The number of aromatic nitrogens is 1. The Morgan fingerprint density at radius 2 is 2.00 bits per heavy atom.